The molecule has 1 aromatic carbocycles. The lowest BCUT2D eigenvalue weighted by Crippen LogP contribution is -2.06. The van der Waals surface area contributed by atoms with E-state index < -0.39 is 10.8 Å². The van der Waals surface area contributed by atoms with Crippen molar-refractivity contribution in [2.45, 2.75) is 6.42 Å². The Morgan fingerprint density at radius 1 is 1.39 bits per heavy atom. The molecule has 1 atom stereocenters. The van der Waals surface area contributed by atoms with Crippen LogP contribution in [-0.2, 0) is 10.8 Å². The monoisotopic (exact) mass is 263 g/mol. The Morgan fingerprint density at radius 3 is 3.00 bits per heavy atom. The van der Waals surface area contributed by atoms with Crippen LogP contribution in [0.5, 0.6) is 0 Å². The molecule has 0 aliphatic rings. The van der Waals surface area contributed by atoms with Gasteiger partial charge < -0.3 is 11.1 Å². The van der Waals surface area contributed by atoms with Gasteiger partial charge in [0, 0.05) is 52.3 Å². The number of hydrogen-bond donors (Lipinski definition) is 2. The van der Waals surface area contributed by atoms with E-state index in [1.54, 1.807) is 12.5 Å². The van der Waals surface area contributed by atoms with Crippen molar-refractivity contribution in [2.24, 2.45) is 0 Å². The molecule has 18 heavy (non-hydrogen) atoms. The number of nitrogens with zero attached hydrogens (tertiary/aromatic N) is 1. The number of fused-ring (bicyclic) bond motifs is 1. The Kier molecular flexibility index (Phi) is 4.15. The molecule has 0 fully saturated rings. The summed E-state index contributed by atoms with van der Waals surface area (Å²) in [6, 6.07) is 7.65. The normalized spacial score (nSPS) is 12.5. The summed E-state index contributed by atoms with van der Waals surface area (Å²) in [5.41, 5.74) is 8.38. The van der Waals surface area contributed by atoms with Gasteiger partial charge in [-0.05, 0) is 30.7 Å². The maximum absolute atomic E-state index is 11.0. The van der Waals surface area contributed by atoms with Crippen LogP contribution >= 0.6 is 0 Å². The molecule has 0 bridgehead atoms. The molecule has 0 saturated carbocycles. The first-order valence-corrected chi connectivity index (χ1v) is 7.57. The van der Waals surface area contributed by atoms with Gasteiger partial charge in [0.1, 0.15) is 0 Å². The lowest BCUT2D eigenvalue weighted by atomic mass is 10.1. The molecular weight excluding hydrogens is 246 g/mol. The first-order chi connectivity index (χ1) is 8.66. The molecule has 0 amide bonds. The van der Waals surface area contributed by atoms with Crippen molar-refractivity contribution in [1.82, 2.24) is 4.98 Å². The van der Waals surface area contributed by atoms with E-state index in [0.717, 1.165) is 35.3 Å². The molecule has 4 nitrogen and oxygen atoms in total. The average Bonchev–Trinajstić information content (AvgIpc) is 2.34. The van der Waals surface area contributed by atoms with Gasteiger partial charge >= 0.3 is 0 Å². The molecular formula is C13H17N3OS. The molecule has 0 aliphatic heterocycles. The molecule has 3 N–H and O–H groups in total. The van der Waals surface area contributed by atoms with Gasteiger partial charge in [0.05, 0.1) is 5.52 Å². The highest BCUT2D eigenvalue weighted by Crippen LogP contribution is 2.23. The third-order valence-electron chi connectivity index (χ3n) is 2.69. The van der Waals surface area contributed by atoms with E-state index in [2.05, 4.69) is 10.3 Å². The molecule has 0 radical (unpaired) electrons. The number of anilines is 2. The fourth-order valence-corrected chi connectivity index (χ4v) is 2.37. The number of benzene rings is 1. The maximum Gasteiger partial charge on any atom is 0.0743 e. The summed E-state index contributed by atoms with van der Waals surface area (Å²) in [5, 5.41) is 4.41. The van der Waals surface area contributed by atoms with Crippen LogP contribution in [0, 0.1) is 0 Å². The Hall–Kier alpha value is -1.62. The third-order valence-corrected chi connectivity index (χ3v) is 3.55. The lowest BCUT2D eigenvalue weighted by molar-refractivity contribution is 0.685. The lowest BCUT2D eigenvalue weighted by Gasteiger charge is -2.09. The molecule has 2 rings (SSSR count). The summed E-state index contributed by atoms with van der Waals surface area (Å²) in [7, 11) is -0.723. The zero-order chi connectivity index (χ0) is 13.0. The van der Waals surface area contributed by atoms with Gasteiger partial charge in [-0.1, -0.05) is 0 Å². The molecule has 1 aromatic heterocycles. The first-order valence-electron chi connectivity index (χ1n) is 5.85. The van der Waals surface area contributed by atoms with Crippen LogP contribution in [0.2, 0.25) is 0 Å². The fraction of sp³-hybridized carbons (Fsp3) is 0.308. The number of pyridine rings is 1. The summed E-state index contributed by atoms with van der Waals surface area (Å²) in [6.45, 7) is 0.809. The second kappa shape index (κ2) is 5.82. The summed E-state index contributed by atoms with van der Waals surface area (Å²) in [5.74, 6) is 0.725. The second-order valence-electron chi connectivity index (χ2n) is 4.19. The summed E-state index contributed by atoms with van der Waals surface area (Å²) in [6.07, 6.45) is 4.38. The number of nitrogens with one attached hydrogen (secondary N) is 1. The summed E-state index contributed by atoms with van der Waals surface area (Å²) >= 11 is 0. The van der Waals surface area contributed by atoms with E-state index in [4.69, 9.17) is 5.73 Å². The largest absolute Gasteiger partial charge is 0.399 e. The zero-order valence-corrected chi connectivity index (χ0v) is 11.2. The second-order valence-corrected chi connectivity index (χ2v) is 5.75. The molecule has 2 aromatic rings. The molecule has 0 saturated heterocycles. The van der Waals surface area contributed by atoms with Crippen molar-refractivity contribution in [3.05, 3.63) is 30.5 Å². The molecule has 96 valence electrons. The number of rotatable bonds is 5. The Morgan fingerprint density at radius 2 is 2.22 bits per heavy atom. The van der Waals surface area contributed by atoms with Crippen LogP contribution in [0.1, 0.15) is 6.42 Å². The maximum atomic E-state index is 11.0. The zero-order valence-electron chi connectivity index (χ0n) is 10.3. The van der Waals surface area contributed by atoms with Crippen molar-refractivity contribution in [2.75, 3.05) is 29.6 Å². The van der Waals surface area contributed by atoms with E-state index >= 15 is 0 Å². The molecule has 0 spiro atoms. The van der Waals surface area contributed by atoms with Gasteiger partial charge in [-0.3, -0.25) is 9.19 Å². The van der Waals surface area contributed by atoms with Crippen molar-refractivity contribution in [1.29, 1.82) is 0 Å². The van der Waals surface area contributed by atoms with Crippen LogP contribution < -0.4 is 11.1 Å². The van der Waals surface area contributed by atoms with Gasteiger partial charge in [-0.25, -0.2) is 0 Å². The van der Waals surface area contributed by atoms with Gasteiger partial charge in [-0.2, -0.15) is 0 Å². The predicted molar refractivity (Wildman–Crippen MR) is 78.2 cm³/mol. The van der Waals surface area contributed by atoms with Crippen LogP contribution in [-0.4, -0.2) is 27.7 Å². The minimum absolute atomic E-state index is 0.716. The van der Waals surface area contributed by atoms with Crippen LogP contribution in [0.3, 0.4) is 0 Å². The number of aromatic nitrogens is 1. The van der Waals surface area contributed by atoms with Gasteiger partial charge in [-0.15, -0.1) is 0 Å². The quantitative estimate of drug-likeness (QED) is 0.639. The van der Waals surface area contributed by atoms with Crippen LogP contribution in [0.25, 0.3) is 10.9 Å². The SMILES string of the molecule is CS(=O)CCCNc1ccnc2cc(N)ccc12. The highest BCUT2D eigenvalue weighted by Gasteiger charge is 2.01. The molecule has 1 heterocycles. The Labute approximate surface area is 109 Å². The van der Waals surface area contributed by atoms with Gasteiger partial charge in [0.2, 0.25) is 0 Å². The van der Waals surface area contributed by atoms with E-state index in [0.29, 0.717) is 5.69 Å². The fourth-order valence-electron chi connectivity index (χ4n) is 1.82. The predicted octanol–water partition coefficient (Wildman–Crippen LogP) is 2.00. The van der Waals surface area contributed by atoms with E-state index in [9.17, 15) is 4.21 Å². The number of nitrogens with two attached hydrogens (primary N) is 1. The topological polar surface area (TPSA) is 68.0 Å². The van der Waals surface area contributed by atoms with Crippen molar-refractivity contribution < 1.29 is 4.21 Å². The smallest absolute Gasteiger partial charge is 0.0743 e. The van der Waals surface area contributed by atoms with E-state index in [-0.39, 0.29) is 0 Å². The summed E-state index contributed by atoms with van der Waals surface area (Å²) in [4.78, 5) is 4.29. The van der Waals surface area contributed by atoms with Crippen LogP contribution in [0.4, 0.5) is 11.4 Å². The summed E-state index contributed by atoms with van der Waals surface area (Å²) < 4.78 is 11.0. The van der Waals surface area contributed by atoms with Crippen molar-refractivity contribution in [3.63, 3.8) is 0 Å². The highest BCUT2D eigenvalue weighted by molar-refractivity contribution is 7.84. The minimum atomic E-state index is -0.723. The van der Waals surface area contributed by atoms with Crippen LogP contribution in [0.15, 0.2) is 30.5 Å². The third kappa shape index (κ3) is 3.20. The highest BCUT2D eigenvalue weighted by atomic mass is 32.2. The molecule has 5 heteroatoms. The van der Waals surface area contributed by atoms with Gasteiger partial charge in [0.25, 0.3) is 0 Å². The first kappa shape index (κ1) is 12.8. The number of nitrogen functional groups attached to an aromatic ring is 1. The molecule has 0 aliphatic carbocycles. The van der Waals surface area contributed by atoms with Crippen molar-refractivity contribution >= 4 is 33.1 Å². The Balaban J connectivity index is 2.11. The standard InChI is InChI=1S/C13H17N3OS/c1-18(17)8-2-6-15-12-5-7-16-13-9-10(14)3-4-11(12)13/h3-5,7,9H,2,6,8,14H2,1H3,(H,15,16). The van der Waals surface area contributed by atoms with E-state index in [1.165, 1.54) is 0 Å². The minimum Gasteiger partial charge on any atom is -0.399 e. The van der Waals surface area contributed by atoms with Gasteiger partial charge in [0.15, 0.2) is 0 Å². The van der Waals surface area contributed by atoms with E-state index in [1.807, 2.05) is 24.3 Å². The molecule has 1 unspecified atom stereocenters. The number of hydrogen-bond acceptors (Lipinski definition) is 4. The average molecular weight is 263 g/mol. The Bertz CT molecular complexity index is 571. The van der Waals surface area contributed by atoms with Crippen molar-refractivity contribution in [3.8, 4) is 0 Å².